The molecule has 6 rings (SSSR count). The van der Waals surface area contributed by atoms with Crippen LogP contribution >= 0.6 is 11.8 Å². The maximum absolute atomic E-state index is 13.2. The predicted molar refractivity (Wildman–Crippen MR) is 152 cm³/mol. The van der Waals surface area contributed by atoms with Gasteiger partial charge in [-0.3, -0.25) is 9.36 Å². The van der Waals surface area contributed by atoms with Crippen molar-refractivity contribution < 1.29 is 13.6 Å². The Labute approximate surface area is 235 Å². The first kappa shape index (κ1) is 25.4. The number of amides is 1. The second-order valence-corrected chi connectivity index (χ2v) is 10.0. The predicted octanol–water partition coefficient (Wildman–Crippen LogP) is 6.64. The van der Waals surface area contributed by atoms with Crippen molar-refractivity contribution in [1.82, 2.24) is 25.1 Å². The van der Waals surface area contributed by atoms with Crippen molar-refractivity contribution in [3.63, 3.8) is 0 Å². The summed E-state index contributed by atoms with van der Waals surface area (Å²) in [6, 6.07) is 31.1. The maximum atomic E-state index is 13.2. The van der Waals surface area contributed by atoms with Crippen molar-refractivity contribution in [2.75, 3.05) is 0 Å². The highest BCUT2D eigenvalue weighted by atomic mass is 32.2. The minimum Gasteiger partial charge on any atom is -0.461 e. The molecule has 3 heterocycles. The van der Waals surface area contributed by atoms with Gasteiger partial charge in [0.05, 0.1) is 23.7 Å². The van der Waals surface area contributed by atoms with Gasteiger partial charge >= 0.3 is 0 Å². The number of furan rings is 1. The van der Waals surface area contributed by atoms with Crippen LogP contribution in [0.5, 0.6) is 0 Å². The van der Waals surface area contributed by atoms with E-state index in [0.29, 0.717) is 28.4 Å². The Balaban J connectivity index is 1.21. The first-order chi connectivity index (χ1) is 19.7. The average Bonchev–Trinajstić information content (AvgIpc) is 3.77. The highest BCUT2D eigenvalue weighted by molar-refractivity contribution is 7.98. The third-order valence-electron chi connectivity index (χ3n) is 6.29. The number of hydrogen-bond donors (Lipinski definition) is 1. The molecule has 0 aliphatic carbocycles. The summed E-state index contributed by atoms with van der Waals surface area (Å²) in [5.74, 6) is 1.65. The van der Waals surface area contributed by atoms with Gasteiger partial charge in [0.2, 0.25) is 11.7 Å². The zero-order chi connectivity index (χ0) is 27.3. The number of carbonyl (C=O) groups is 1. The van der Waals surface area contributed by atoms with Gasteiger partial charge in [0.15, 0.2) is 16.6 Å². The van der Waals surface area contributed by atoms with Gasteiger partial charge in [0.1, 0.15) is 6.26 Å². The number of oxazole rings is 1. The van der Waals surface area contributed by atoms with Crippen LogP contribution in [0.4, 0.5) is 0 Å². The van der Waals surface area contributed by atoms with Crippen LogP contribution in [0.3, 0.4) is 0 Å². The molecule has 3 aromatic heterocycles. The Morgan fingerprint density at radius 1 is 0.900 bits per heavy atom. The number of carbonyl (C=O) groups excluding carboxylic acids is 1. The number of thioether (sulfide) groups is 1. The van der Waals surface area contributed by atoms with Crippen LogP contribution in [0.1, 0.15) is 39.1 Å². The Morgan fingerprint density at radius 3 is 2.33 bits per heavy atom. The van der Waals surface area contributed by atoms with E-state index < -0.39 is 0 Å². The largest absolute Gasteiger partial charge is 0.461 e. The van der Waals surface area contributed by atoms with Gasteiger partial charge in [-0.2, -0.15) is 0 Å². The molecule has 0 fully saturated rings. The molecule has 8 nitrogen and oxygen atoms in total. The van der Waals surface area contributed by atoms with Gasteiger partial charge in [-0.25, -0.2) is 4.98 Å². The summed E-state index contributed by atoms with van der Waals surface area (Å²) >= 11 is 1.41. The molecule has 1 N–H and O–H groups in total. The molecule has 40 heavy (non-hydrogen) atoms. The molecule has 0 unspecified atom stereocenters. The number of aryl methyl sites for hydroxylation is 1. The van der Waals surface area contributed by atoms with Crippen LogP contribution in [-0.4, -0.2) is 25.7 Å². The zero-order valence-corrected chi connectivity index (χ0v) is 22.4. The van der Waals surface area contributed by atoms with Crippen LogP contribution in [0.2, 0.25) is 0 Å². The van der Waals surface area contributed by atoms with Gasteiger partial charge < -0.3 is 14.2 Å². The van der Waals surface area contributed by atoms with Crippen molar-refractivity contribution in [1.29, 1.82) is 0 Å². The molecule has 0 aliphatic heterocycles. The van der Waals surface area contributed by atoms with Crippen molar-refractivity contribution in [2.45, 2.75) is 23.9 Å². The van der Waals surface area contributed by atoms with E-state index in [1.807, 2.05) is 102 Å². The molecule has 198 valence electrons. The second-order valence-electron chi connectivity index (χ2n) is 9.10. The molecule has 9 heteroatoms. The number of aromatic nitrogens is 4. The summed E-state index contributed by atoms with van der Waals surface area (Å²) in [5, 5.41) is 12.5. The van der Waals surface area contributed by atoms with Gasteiger partial charge in [-0.15, -0.1) is 10.2 Å². The smallest absolute Gasteiger partial charge is 0.273 e. The van der Waals surface area contributed by atoms with E-state index in [9.17, 15) is 4.79 Å². The molecule has 0 bridgehead atoms. The number of nitrogens with zero attached hydrogens (tertiary/aromatic N) is 4. The summed E-state index contributed by atoms with van der Waals surface area (Å²) < 4.78 is 13.2. The molecule has 0 saturated heterocycles. The average molecular weight is 548 g/mol. The summed E-state index contributed by atoms with van der Waals surface area (Å²) in [5.41, 5.74) is 4.19. The third-order valence-corrected chi connectivity index (χ3v) is 7.20. The highest BCUT2D eigenvalue weighted by Gasteiger charge is 2.22. The van der Waals surface area contributed by atoms with Crippen LogP contribution < -0.4 is 5.32 Å². The van der Waals surface area contributed by atoms with Crippen LogP contribution in [0.15, 0.2) is 124 Å². The standard InChI is InChI=1S/C31H25N5O3S/c1-21-10-8-15-24(18-21)36-29(26-16-9-17-38-26)34-35-31(36)40-20-27-32-25(19-39-27)30(37)33-28(22-11-4-2-5-12-22)23-13-6-3-7-14-23/h2-19,28H,20H2,1H3,(H,33,37). The SMILES string of the molecule is Cc1cccc(-n2c(SCc3nc(C(=O)NC(c4ccccc4)c4ccccc4)co3)nnc2-c2ccco2)c1. The van der Waals surface area contributed by atoms with E-state index in [1.165, 1.54) is 18.0 Å². The molecule has 0 radical (unpaired) electrons. The summed E-state index contributed by atoms with van der Waals surface area (Å²) in [6.45, 7) is 2.03. The first-order valence-corrected chi connectivity index (χ1v) is 13.7. The molecule has 3 aromatic carbocycles. The molecule has 0 spiro atoms. The zero-order valence-electron chi connectivity index (χ0n) is 21.6. The second kappa shape index (κ2) is 11.5. The maximum Gasteiger partial charge on any atom is 0.273 e. The molecular weight excluding hydrogens is 522 g/mol. The molecule has 0 aliphatic rings. The van der Waals surface area contributed by atoms with E-state index in [0.717, 1.165) is 22.4 Å². The van der Waals surface area contributed by atoms with Crippen molar-refractivity contribution in [3.05, 3.63) is 138 Å². The highest BCUT2D eigenvalue weighted by Crippen LogP contribution is 2.30. The lowest BCUT2D eigenvalue weighted by atomic mass is 9.98. The van der Waals surface area contributed by atoms with Crippen molar-refractivity contribution in [2.24, 2.45) is 0 Å². The minimum atomic E-state index is -0.322. The Bertz CT molecular complexity index is 1670. The van der Waals surface area contributed by atoms with Gasteiger partial charge in [0.25, 0.3) is 5.91 Å². The van der Waals surface area contributed by atoms with Crippen LogP contribution in [0, 0.1) is 6.92 Å². The summed E-state index contributed by atoms with van der Waals surface area (Å²) in [6.07, 6.45) is 2.99. The van der Waals surface area contributed by atoms with Crippen molar-refractivity contribution in [3.8, 4) is 17.3 Å². The number of benzene rings is 3. The van der Waals surface area contributed by atoms with E-state index in [4.69, 9.17) is 8.83 Å². The first-order valence-electron chi connectivity index (χ1n) is 12.7. The molecule has 6 aromatic rings. The summed E-state index contributed by atoms with van der Waals surface area (Å²) in [4.78, 5) is 17.7. The molecule has 1 amide bonds. The Kier molecular flexibility index (Phi) is 7.28. The van der Waals surface area contributed by atoms with E-state index >= 15 is 0 Å². The van der Waals surface area contributed by atoms with E-state index in [1.54, 1.807) is 6.26 Å². The fraction of sp³-hybridized carbons (Fsp3) is 0.0968. The number of rotatable bonds is 9. The Hall–Kier alpha value is -4.89. The lowest BCUT2D eigenvalue weighted by Crippen LogP contribution is -2.29. The van der Waals surface area contributed by atoms with E-state index in [2.05, 4.69) is 26.6 Å². The van der Waals surface area contributed by atoms with Gasteiger partial charge in [-0.05, 0) is 47.9 Å². The number of hydrogen-bond acceptors (Lipinski definition) is 7. The number of nitrogens with one attached hydrogen (secondary N) is 1. The molecular formula is C31H25N5O3S. The summed E-state index contributed by atoms with van der Waals surface area (Å²) in [7, 11) is 0. The fourth-order valence-corrected chi connectivity index (χ4v) is 5.20. The van der Waals surface area contributed by atoms with Crippen LogP contribution in [-0.2, 0) is 5.75 Å². The van der Waals surface area contributed by atoms with E-state index in [-0.39, 0.29) is 17.6 Å². The third kappa shape index (κ3) is 5.45. The minimum absolute atomic E-state index is 0.212. The lowest BCUT2D eigenvalue weighted by molar-refractivity contribution is 0.0938. The molecule has 0 atom stereocenters. The monoisotopic (exact) mass is 547 g/mol. The molecule has 0 saturated carbocycles. The van der Waals surface area contributed by atoms with Gasteiger partial charge in [0, 0.05) is 0 Å². The Morgan fingerprint density at radius 2 is 1.65 bits per heavy atom. The topological polar surface area (TPSA) is 99.0 Å². The lowest BCUT2D eigenvalue weighted by Gasteiger charge is -2.19. The van der Waals surface area contributed by atoms with Crippen LogP contribution in [0.25, 0.3) is 17.3 Å². The fourth-order valence-electron chi connectivity index (χ4n) is 4.39. The van der Waals surface area contributed by atoms with Crippen molar-refractivity contribution >= 4 is 17.7 Å². The normalized spacial score (nSPS) is 11.2. The van der Waals surface area contributed by atoms with Gasteiger partial charge in [-0.1, -0.05) is 84.6 Å². The quantitative estimate of drug-likeness (QED) is 0.203.